The molecule has 1 aliphatic carbocycles. The number of hydrogen-bond donors (Lipinski definition) is 1. The molecule has 0 atom stereocenters. The van der Waals surface area contributed by atoms with E-state index in [0.717, 1.165) is 12.6 Å². The Kier molecular flexibility index (Phi) is 2.60. The van der Waals surface area contributed by atoms with Crippen LogP contribution in [0.1, 0.15) is 25.7 Å². The van der Waals surface area contributed by atoms with Crippen molar-refractivity contribution in [3.05, 3.63) is 0 Å². The van der Waals surface area contributed by atoms with Gasteiger partial charge in [-0.05, 0) is 12.8 Å². The molecule has 0 spiro atoms. The molecular formula is C8H13N. The van der Waals surface area contributed by atoms with Crippen LogP contribution in [0.15, 0.2) is 0 Å². The quantitative estimate of drug-likeness (QED) is 0.543. The molecule has 0 amide bonds. The lowest BCUT2D eigenvalue weighted by Crippen LogP contribution is -2.25. The maximum absolute atomic E-state index is 5.09. The summed E-state index contributed by atoms with van der Waals surface area (Å²) >= 11 is 0. The molecule has 1 fully saturated rings. The van der Waals surface area contributed by atoms with Crippen molar-refractivity contribution in [2.75, 3.05) is 6.54 Å². The maximum atomic E-state index is 5.09. The molecule has 0 bridgehead atoms. The van der Waals surface area contributed by atoms with E-state index < -0.39 is 0 Å². The number of hydrogen-bond acceptors (Lipinski definition) is 1. The minimum absolute atomic E-state index is 0.723. The average molecular weight is 123 g/mol. The van der Waals surface area contributed by atoms with E-state index in [1.807, 2.05) is 0 Å². The molecule has 50 valence electrons. The highest BCUT2D eigenvalue weighted by atomic mass is 14.9. The van der Waals surface area contributed by atoms with Crippen LogP contribution in [-0.4, -0.2) is 12.6 Å². The Bertz CT molecular complexity index is 106. The van der Waals surface area contributed by atoms with Gasteiger partial charge in [0.05, 0.1) is 6.54 Å². The van der Waals surface area contributed by atoms with E-state index in [0.29, 0.717) is 0 Å². The molecule has 9 heavy (non-hydrogen) atoms. The standard InChI is InChI=1S/C8H13N/c1-2-7-9-8-5-3-4-6-8/h1,8-9H,3-7H2. The molecule has 1 saturated carbocycles. The molecule has 0 aromatic carbocycles. The highest BCUT2D eigenvalue weighted by molar-refractivity contribution is 4.89. The second-order valence-corrected chi connectivity index (χ2v) is 2.57. The topological polar surface area (TPSA) is 12.0 Å². The van der Waals surface area contributed by atoms with Gasteiger partial charge in [0.2, 0.25) is 0 Å². The Morgan fingerprint density at radius 2 is 2.11 bits per heavy atom. The Balaban J connectivity index is 2.06. The van der Waals surface area contributed by atoms with Gasteiger partial charge in [-0.15, -0.1) is 6.42 Å². The first-order chi connectivity index (χ1) is 4.43. The van der Waals surface area contributed by atoms with Crippen molar-refractivity contribution in [3.8, 4) is 12.3 Å². The number of nitrogens with one attached hydrogen (secondary N) is 1. The van der Waals surface area contributed by atoms with Crippen LogP contribution >= 0.6 is 0 Å². The summed E-state index contributed by atoms with van der Waals surface area (Å²) in [6.45, 7) is 0.741. The normalized spacial score (nSPS) is 19.9. The molecular weight excluding hydrogens is 110 g/mol. The zero-order valence-electron chi connectivity index (χ0n) is 5.69. The van der Waals surface area contributed by atoms with Gasteiger partial charge in [0.25, 0.3) is 0 Å². The van der Waals surface area contributed by atoms with Crippen LogP contribution in [0.3, 0.4) is 0 Å². The molecule has 0 heterocycles. The second-order valence-electron chi connectivity index (χ2n) is 2.57. The molecule has 0 aromatic heterocycles. The maximum Gasteiger partial charge on any atom is 0.0575 e. The SMILES string of the molecule is C#CCNC1CCCC1. The summed E-state index contributed by atoms with van der Waals surface area (Å²) in [5.41, 5.74) is 0. The van der Waals surface area contributed by atoms with E-state index in [9.17, 15) is 0 Å². The van der Waals surface area contributed by atoms with Gasteiger partial charge in [-0.3, -0.25) is 0 Å². The molecule has 0 radical (unpaired) electrons. The first-order valence-corrected chi connectivity index (χ1v) is 3.60. The van der Waals surface area contributed by atoms with Crippen molar-refractivity contribution >= 4 is 0 Å². The number of terminal acetylenes is 1. The third-order valence-electron chi connectivity index (χ3n) is 1.85. The van der Waals surface area contributed by atoms with Gasteiger partial charge >= 0.3 is 0 Å². The minimum atomic E-state index is 0.723. The first-order valence-electron chi connectivity index (χ1n) is 3.60. The summed E-state index contributed by atoms with van der Waals surface area (Å²) in [6.07, 6.45) is 10.5. The van der Waals surface area contributed by atoms with Gasteiger partial charge in [-0.25, -0.2) is 0 Å². The van der Waals surface area contributed by atoms with E-state index in [2.05, 4.69) is 11.2 Å². The largest absolute Gasteiger partial charge is 0.303 e. The molecule has 1 heteroatoms. The monoisotopic (exact) mass is 123 g/mol. The van der Waals surface area contributed by atoms with Gasteiger partial charge in [-0.2, -0.15) is 0 Å². The summed E-state index contributed by atoms with van der Waals surface area (Å²) in [4.78, 5) is 0. The fourth-order valence-electron chi connectivity index (χ4n) is 1.33. The lowest BCUT2D eigenvalue weighted by molar-refractivity contribution is 0.561. The van der Waals surface area contributed by atoms with Gasteiger partial charge in [-0.1, -0.05) is 18.8 Å². The third-order valence-corrected chi connectivity index (χ3v) is 1.85. The molecule has 1 aliphatic rings. The summed E-state index contributed by atoms with van der Waals surface area (Å²) in [5.74, 6) is 2.58. The Morgan fingerprint density at radius 1 is 1.44 bits per heavy atom. The molecule has 0 aromatic rings. The van der Waals surface area contributed by atoms with Crippen molar-refractivity contribution in [1.29, 1.82) is 0 Å². The fourth-order valence-corrected chi connectivity index (χ4v) is 1.33. The minimum Gasteiger partial charge on any atom is -0.303 e. The molecule has 1 N–H and O–H groups in total. The van der Waals surface area contributed by atoms with Crippen molar-refractivity contribution in [1.82, 2.24) is 5.32 Å². The smallest absolute Gasteiger partial charge is 0.0575 e. The highest BCUT2D eigenvalue weighted by Gasteiger charge is 2.12. The van der Waals surface area contributed by atoms with Crippen molar-refractivity contribution in [2.45, 2.75) is 31.7 Å². The molecule has 1 rings (SSSR count). The van der Waals surface area contributed by atoms with Gasteiger partial charge in [0, 0.05) is 6.04 Å². The zero-order valence-corrected chi connectivity index (χ0v) is 5.69. The first kappa shape index (κ1) is 6.64. The Labute approximate surface area is 56.8 Å². The molecule has 0 aliphatic heterocycles. The summed E-state index contributed by atoms with van der Waals surface area (Å²) in [5, 5.41) is 3.30. The van der Waals surface area contributed by atoms with Crippen LogP contribution in [0.2, 0.25) is 0 Å². The van der Waals surface area contributed by atoms with Crippen molar-refractivity contribution in [3.63, 3.8) is 0 Å². The highest BCUT2D eigenvalue weighted by Crippen LogP contribution is 2.16. The lowest BCUT2D eigenvalue weighted by atomic mass is 10.2. The van der Waals surface area contributed by atoms with Crippen LogP contribution in [0, 0.1) is 12.3 Å². The molecule has 0 saturated heterocycles. The van der Waals surface area contributed by atoms with E-state index in [4.69, 9.17) is 6.42 Å². The number of rotatable bonds is 2. The average Bonchev–Trinajstić information content (AvgIpc) is 2.34. The van der Waals surface area contributed by atoms with Crippen LogP contribution in [0.4, 0.5) is 0 Å². The van der Waals surface area contributed by atoms with E-state index in [-0.39, 0.29) is 0 Å². The summed E-state index contributed by atoms with van der Waals surface area (Å²) < 4.78 is 0. The molecule has 1 nitrogen and oxygen atoms in total. The third kappa shape index (κ3) is 2.07. The summed E-state index contributed by atoms with van der Waals surface area (Å²) in [7, 11) is 0. The van der Waals surface area contributed by atoms with Crippen LogP contribution in [0.25, 0.3) is 0 Å². The van der Waals surface area contributed by atoms with Crippen LogP contribution in [0.5, 0.6) is 0 Å². The van der Waals surface area contributed by atoms with Crippen LogP contribution < -0.4 is 5.32 Å². The zero-order chi connectivity index (χ0) is 6.53. The predicted octanol–water partition coefficient (Wildman–Crippen LogP) is 1.15. The van der Waals surface area contributed by atoms with Gasteiger partial charge in [0.15, 0.2) is 0 Å². The lowest BCUT2D eigenvalue weighted by Gasteiger charge is -2.06. The summed E-state index contributed by atoms with van der Waals surface area (Å²) in [6, 6.07) is 0.723. The van der Waals surface area contributed by atoms with E-state index >= 15 is 0 Å². The predicted molar refractivity (Wildman–Crippen MR) is 39.1 cm³/mol. The molecule has 0 unspecified atom stereocenters. The van der Waals surface area contributed by atoms with Crippen LogP contribution in [-0.2, 0) is 0 Å². The fraction of sp³-hybridized carbons (Fsp3) is 0.750. The second kappa shape index (κ2) is 3.53. The Morgan fingerprint density at radius 3 is 2.67 bits per heavy atom. The Hall–Kier alpha value is -0.480. The van der Waals surface area contributed by atoms with Crippen molar-refractivity contribution in [2.24, 2.45) is 0 Å². The van der Waals surface area contributed by atoms with E-state index in [1.54, 1.807) is 0 Å². The van der Waals surface area contributed by atoms with Gasteiger partial charge < -0.3 is 5.32 Å². The van der Waals surface area contributed by atoms with Gasteiger partial charge in [0.1, 0.15) is 0 Å². The van der Waals surface area contributed by atoms with Crippen molar-refractivity contribution < 1.29 is 0 Å². The van der Waals surface area contributed by atoms with E-state index in [1.165, 1.54) is 25.7 Å².